The molecule has 5 nitrogen and oxygen atoms in total. The van der Waals surface area contributed by atoms with Gasteiger partial charge in [-0.2, -0.15) is 0 Å². The molecule has 1 aliphatic rings. The molecule has 0 fully saturated rings. The fraction of sp³-hybridized carbons (Fsp3) is 0.190. The molecule has 0 N–H and O–H groups in total. The predicted molar refractivity (Wildman–Crippen MR) is 106 cm³/mol. The van der Waals surface area contributed by atoms with E-state index in [1.165, 1.54) is 4.31 Å². The molecule has 27 heavy (non-hydrogen) atoms. The van der Waals surface area contributed by atoms with Gasteiger partial charge in [-0.3, -0.25) is 9.29 Å². The van der Waals surface area contributed by atoms with Crippen molar-refractivity contribution in [3.8, 4) is 16.9 Å². The SMILES string of the molecule is COc1ccc(S(=O)(=O)N2CCc3cc(-c4ccncc4)ccc32)c(C)c1. The van der Waals surface area contributed by atoms with Crippen molar-refractivity contribution in [1.29, 1.82) is 0 Å². The maximum absolute atomic E-state index is 13.2. The van der Waals surface area contributed by atoms with Crippen LogP contribution in [0.1, 0.15) is 11.1 Å². The van der Waals surface area contributed by atoms with Gasteiger partial charge >= 0.3 is 0 Å². The van der Waals surface area contributed by atoms with E-state index < -0.39 is 10.0 Å². The highest BCUT2D eigenvalue weighted by molar-refractivity contribution is 7.93. The molecule has 0 atom stereocenters. The van der Waals surface area contributed by atoms with E-state index in [1.807, 2.05) is 24.3 Å². The highest BCUT2D eigenvalue weighted by Crippen LogP contribution is 2.36. The Hall–Kier alpha value is -2.86. The van der Waals surface area contributed by atoms with Crippen LogP contribution in [0.15, 0.2) is 65.8 Å². The van der Waals surface area contributed by atoms with Crippen LogP contribution in [-0.2, 0) is 16.4 Å². The Bertz CT molecular complexity index is 1100. The quantitative estimate of drug-likeness (QED) is 0.690. The summed E-state index contributed by atoms with van der Waals surface area (Å²) in [6.45, 7) is 2.24. The molecule has 0 saturated heterocycles. The molecule has 2 aromatic carbocycles. The lowest BCUT2D eigenvalue weighted by Crippen LogP contribution is -2.29. The first-order valence-corrected chi connectivity index (χ1v) is 10.2. The molecular formula is C21H20N2O3S. The van der Waals surface area contributed by atoms with E-state index in [1.54, 1.807) is 44.6 Å². The topological polar surface area (TPSA) is 59.5 Å². The van der Waals surface area contributed by atoms with Gasteiger partial charge in [0.25, 0.3) is 10.0 Å². The molecule has 0 saturated carbocycles. The van der Waals surface area contributed by atoms with Crippen molar-refractivity contribution in [2.45, 2.75) is 18.2 Å². The molecule has 3 aromatic rings. The summed E-state index contributed by atoms with van der Waals surface area (Å²) in [6, 6.07) is 14.9. The molecule has 1 aromatic heterocycles. The Balaban J connectivity index is 1.72. The van der Waals surface area contributed by atoms with E-state index in [9.17, 15) is 8.42 Å². The van der Waals surface area contributed by atoms with Crippen molar-refractivity contribution in [2.75, 3.05) is 18.0 Å². The summed E-state index contributed by atoms with van der Waals surface area (Å²) in [5, 5.41) is 0. The molecule has 4 rings (SSSR count). The third-order valence-electron chi connectivity index (χ3n) is 4.90. The zero-order valence-corrected chi connectivity index (χ0v) is 16.0. The molecule has 0 spiro atoms. The Kier molecular flexibility index (Phi) is 4.36. The number of nitrogens with zero attached hydrogens (tertiary/aromatic N) is 2. The number of aryl methyl sites for hydroxylation is 1. The molecule has 6 heteroatoms. The smallest absolute Gasteiger partial charge is 0.264 e. The van der Waals surface area contributed by atoms with Gasteiger partial charge in [0.05, 0.1) is 17.7 Å². The first-order chi connectivity index (χ1) is 13.0. The van der Waals surface area contributed by atoms with E-state index in [0.717, 1.165) is 22.4 Å². The minimum atomic E-state index is -3.62. The molecule has 138 valence electrons. The van der Waals surface area contributed by atoms with Gasteiger partial charge in [0.1, 0.15) is 5.75 Å². The predicted octanol–water partition coefficient (Wildman–Crippen LogP) is 3.82. The monoisotopic (exact) mass is 380 g/mol. The molecular weight excluding hydrogens is 360 g/mol. The molecule has 2 heterocycles. The summed E-state index contributed by atoms with van der Waals surface area (Å²) in [5.41, 5.74) is 4.61. The van der Waals surface area contributed by atoms with Crippen molar-refractivity contribution < 1.29 is 13.2 Å². The zero-order chi connectivity index (χ0) is 19.0. The second-order valence-electron chi connectivity index (χ2n) is 6.54. The van der Waals surface area contributed by atoms with E-state index in [4.69, 9.17) is 4.74 Å². The Morgan fingerprint density at radius 3 is 2.48 bits per heavy atom. The maximum atomic E-state index is 13.2. The van der Waals surface area contributed by atoms with Crippen LogP contribution in [0, 0.1) is 6.92 Å². The second kappa shape index (κ2) is 6.70. The van der Waals surface area contributed by atoms with Crippen LogP contribution in [0.4, 0.5) is 5.69 Å². The number of pyridine rings is 1. The summed E-state index contributed by atoms with van der Waals surface area (Å²) in [4.78, 5) is 4.36. The number of fused-ring (bicyclic) bond motifs is 1. The Labute approximate surface area is 159 Å². The van der Waals surface area contributed by atoms with Gasteiger partial charge in [-0.15, -0.1) is 0 Å². The van der Waals surface area contributed by atoms with Gasteiger partial charge < -0.3 is 4.74 Å². The number of methoxy groups -OCH3 is 1. The van der Waals surface area contributed by atoms with E-state index in [-0.39, 0.29) is 0 Å². The number of hydrogen-bond acceptors (Lipinski definition) is 4. The normalized spacial score (nSPS) is 13.5. The van der Waals surface area contributed by atoms with Crippen LogP contribution in [0.2, 0.25) is 0 Å². The van der Waals surface area contributed by atoms with E-state index >= 15 is 0 Å². The lowest BCUT2D eigenvalue weighted by Gasteiger charge is -2.21. The highest BCUT2D eigenvalue weighted by atomic mass is 32.2. The Morgan fingerprint density at radius 1 is 1.00 bits per heavy atom. The minimum Gasteiger partial charge on any atom is -0.497 e. The summed E-state index contributed by atoms with van der Waals surface area (Å²) in [5.74, 6) is 0.648. The third-order valence-corrected chi connectivity index (χ3v) is 6.87. The number of sulfonamides is 1. The number of rotatable bonds is 4. The summed E-state index contributed by atoms with van der Waals surface area (Å²) >= 11 is 0. The van der Waals surface area contributed by atoms with Crippen LogP contribution in [0.5, 0.6) is 5.75 Å². The van der Waals surface area contributed by atoms with Crippen molar-refractivity contribution in [2.24, 2.45) is 0 Å². The molecule has 0 radical (unpaired) electrons. The molecule has 1 aliphatic heterocycles. The highest BCUT2D eigenvalue weighted by Gasteiger charge is 2.32. The molecule has 0 aliphatic carbocycles. The fourth-order valence-corrected chi connectivity index (χ4v) is 5.21. The van der Waals surface area contributed by atoms with Crippen molar-refractivity contribution in [3.63, 3.8) is 0 Å². The lowest BCUT2D eigenvalue weighted by molar-refractivity contribution is 0.414. The van der Waals surface area contributed by atoms with Crippen molar-refractivity contribution in [1.82, 2.24) is 4.98 Å². The van der Waals surface area contributed by atoms with Crippen molar-refractivity contribution in [3.05, 3.63) is 72.1 Å². The second-order valence-corrected chi connectivity index (χ2v) is 8.37. The van der Waals surface area contributed by atoms with Crippen LogP contribution in [0.25, 0.3) is 11.1 Å². The minimum absolute atomic E-state index is 0.314. The number of anilines is 1. The maximum Gasteiger partial charge on any atom is 0.264 e. The number of hydrogen-bond donors (Lipinski definition) is 0. The van der Waals surface area contributed by atoms with Gasteiger partial charge in [0.15, 0.2) is 0 Å². The summed E-state index contributed by atoms with van der Waals surface area (Å²) < 4.78 is 33.2. The largest absolute Gasteiger partial charge is 0.497 e. The van der Waals surface area contributed by atoms with Crippen LogP contribution < -0.4 is 9.04 Å². The van der Waals surface area contributed by atoms with Gasteiger partial charge in [0.2, 0.25) is 0 Å². The van der Waals surface area contributed by atoms with Gasteiger partial charge in [-0.1, -0.05) is 6.07 Å². The van der Waals surface area contributed by atoms with Gasteiger partial charge in [-0.05, 0) is 78.1 Å². The first-order valence-electron chi connectivity index (χ1n) is 8.71. The third kappa shape index (κ3) is 3.06. The van der Waals surface area contributed by atoms with E-state index in [0.29, 0.717) is 29.2 Å². The number of aromatic nitrogens is 1. The van der Waals surface area contributed by atoms with Crippen LogP contribution in [-0.4, -0.2) is 27.1 Å². The van der Waals surface area contributed by atoms with Crippen molar-refractivity contribution >= 4 is 15.7 Å². The molecule has 0 unspecified atom stereocenters. The first kappa shape index (κ1) is 17.5. The zero-order valence-electron chi connectivity index (χ0n) is 15.2. The average molecular weight is 380 g/mol. The number of ether oxygens (including phenoxy) is 1. The summed E-state index contributed by atoms with van der Waals surface area (Å²) in [6.07, 6.45) is 4.21. The number of benzene rings is 2. The lowest BCUT2D eigenvalue weighted by atomic mass is 10.0. The molecule has 0 bridgehead atoms. The average Bonchev–Trinajstić information content (AvgIpc) is 3.12. The van der Waals surface area contributed by atoms with Crippen LogP contribution in [0.3, 0.4) is 0 Å². The molecule has 0 amide bonds. The van der Waals surface area contributed by atoms with Gasteiger partial charge in [0, 0.05) is 18.9 Å². The Morgan fingerprint density at radius 2 is 1.78 bits per heavy atom. The standard InChI is InChI=1S/C21H20N2O3S/c1-15-13-19(26-2)4-6-21(15)27(24,25)23-12-9-18-14-17(3-5-20(18)23)16-7-10-22-11-8-16/h3-8,10-11,13-14H,9,12H2,1-2H3. The van der Waals surface area contributed by atoms with Gasteiger partial charge in [-0.25, -0.2) is 8.42 Å². The fourth-order valence-electron chi connectivity index (χ4n) is 3.50. The summed E-state index contributed by atoms with van der Waals surface area (Å²) in [7, 11) is -2.05. The van der Waals surface area contributed by atoms with Crippen LogP contribution >= 0.6 is 0 Å². The van der Waals surface area contributed by atoms with E-state index in [2.05, 4.69) is 11.1 Å².